The fourth-order valence-corrected chi connectivity index (χ4v) is 2.88. The quantitative estimate of drug-likeness (QED) is 0.836. The van der Waals surface area contributed by atoms with E-state index < -0.39 is 0 Å². The summed E-state index contributed by atoms with van der Waals surface area (Å²) in [5.41, 5.74) is 7.53. The number of nitrogens with two attached hydrogens (primary N) is 1. The third-order valence-corrected chi connectivity index (χ3v) is 4.20. The van der Waals surface area contributed by atoms with Crippen LogP contribution in [0.4, 0.5) is 4.39 Å². The van der Waals surface area contributed by atoms with Gasteiger partial charge >= 0.3 is 0 Å². The van der Waals surface area contributed by atoms with Gasteiger partial charge in [-0.3, -0.25) is 0 Å². The molecule has 0 amide bonds. The van der Waals surface area contributed by atoms with Gasteiger partial charge in [-0.25, -0.2) is 4.39 Å². The van der Waals surface area contributed by atoms with Gasteiger partial charge in [0.2, 0.25) is 0 Å². The fourth-order valence-electron chi connectivity index (χ4n) is 1.68. The SMILES string of the molecule is Cc1ccc(C(N)CSc2cccc(Cl)c2)cc1F. The minimum Gasteiger partial charge on any atom is -0.323 e. The van der Waals surface area contributed by atoms with Crippen LogP contribution in [-0.4, -0.2) is 5.75 Å². The van der Waals surface area contributed by atoms with Crippen LogP contribution in [0.1, 0.15) is 17.2 Å². The molecule has 0 heterocycles. The number of thioether (sulfide) groups is 1. The van der Waals surface area contributed by atoms with Crippen molar-refractivity contribution in [2.45, 2.75) is 17.9 Å². The second-order valence-electron chi connectivity index (χ2n) is 4.38. The Morgan fingerprint density at radius 3 is 2.74 bits per heavy atom. The second kappa shape index (κ2) is 6.42. The lowest BCUT2D eigenvalue weighted by molar-refractivity contribution is 0.613. The van der Waals surface area contributed by atoms with Gasteiger partial charge in [-0.1, -0.05) is 29.8 Å². The predicted octanol–water partition coefficient (Wildman–Crippen LogP) is 4.58. The molecule has 0 aromatic heterocycles. The molecule has 1 unspecified atom stereocenters. The van der Waals surface area contributed by atoms with Crippen LogP contribution in [0.15, 0.2) is 47.4 Å². The number of aryl methyl sites for hydroxylation is 1. The molecule has 19 heavy (non-hydrogen) atoms. The molecule has 2 aromatic carbocycles. The molecule has 2 aromatic rings. The van der Waals surface area contributed by atoms with Gasteiger partial charge in [-0.05, 0) is 42.3 Å². The number of hydrogen-bond acceptors (Lipinski definition) is 2. The summed E-state index contributed by atoms with van der Waals surface area (Å²) in [6, 6.07) is 12.6. The molecule has 1 atom stereocenters. The van der Waals surface area contributed by atoms with Crippen molar-refractivity contribution in [3.63, 3.8) is 0 Å². The lowest BCUT2D eigenvalue weighted by atomic mass is 10.1. The van der Waals surface area contributed by atoms with Gasteiger partial charge in [-0.15, -0.1) is 11.8 Å². The highest BCUT2D eigenvalue weighted by molar-refractivity contribution is 7.99. The summed E-state index contributed by atoms with van der Waals surface area (Å²) < 4.78 is 13.5. The molecule has 0 radical (unpaired) electrons. The summed E-state index contributed by atoms with van der Waals surface area (Å²) in [7, 11) is 0. The Bertz CT molecular complexity index is 574. The van der Waals surface area contributed by atoms with Crippen molar-refractivity contribution in [1.29, 1.82) is 0 Å². The van der Waals surface area contributed by atoms with Crippen molar-refractivity contribution < 1.29 is 4.39 Å². The first-order valence-electron chi connectivity index (χ1n) is 5.96. The van der Waals surface area contributed by atoms with Gasteiger partial charge < -0.3 is 5.73 Å². The molecule has 0 saturated heterocycles. The first kappa shape index (κ1) is 14.4. The van der Waals surface area contributed by atoms with Gasteiger partial charge in [0.15, 0.2) is 0 Å². The van der Waals surface area contributed by atoms with Crippen molar-refractivity contribution >= 4 is 23.4 Å². The monoisotopic (exact) mass is 295 g/mol. The fraction of sp³-hybridized carbons (Fsp3) is 0.200. The molecule has 1 nitrogen and oxygen atoms in total. The van der Waals surface area contributed by atoms with E-state index in [0.717, 1.165) is 10.5 Å². The van der Waals surface area contributed by atoms with E-state index >= 15 is 0 Å². The number of rotatable bonds is 4. The van der Waals surface area contributed by atoms with Gasteiger partial charge in [-0.2, -0.15) is 0 Å². The first-order valence-corrected chi connectivity index (χ1v) is 7.32. The third kappa shape index (κ3) is 3.96. The normalized spacial score (nSPS) is 12.4. The van der Waals surface area contributed by atoms with Crippen molar-refractivity contribution in [2.24, 2.45) is 5.73 Å². The van der Waals surface area contributed by atoms with E-state index in [0.29, 0.717) is 16.3 Å². The molecule has 0 bridgehead atoms. The summed E-state index contributed by atoms with van der Waals surface area (Å²) in [6.45, 7) is 1.74. The van der Waals surface area contributed by atoms with Crippen LogP contribution in [0.2, 0.25) is 5.02 Å². The molecule has 2 rings (SSSR count). The van der Waals surface area contributed by atoms with Gasteiger partial charge in [0, 0.05) is 21.7 Å². The molecule has 100 valence electrons. The van der Waals surface area contributed by atoms with E-state index in [1.807, 2.05) is 30.3 Å². The van der Waals surface area contributed by atoms with Gasteiger partial charge in [0.25, 0.3) is 0 Å². The molecule has 0 saturated carbocycles. The lowest BCUT2D eigenvalue weighted by Gasteiger charge is -2.12. The maximum absolute atomic E-state index is 13.5. The molecular weight excluding hydrogens is 281 g/mol. The van der Waals surface area contributed by atoms with E-state index in [1.165, 1.54) is 6.07 Å². The van der Waals surface area contributed by atoms with Crippen LogP contribution in [0.25, 0.3) is 0 Å². The summed E-state index contributed by atoms with van der Waals surface area (Å²) in [5, 5.41) is 0.708. The minimum atomic E-state index is -0.208. The maximum atomic E-state index is 13.5. The van der Waals surface area contributed by atoms with Crippen molar-refractivity contribution in [2.75, 3.05) is 5.75 Å². The maximum Gasteiger partial charge on any atom is 0.126 e. The van der Waals surface area contributed by atoms with Gasteiger partial charge in [0.05, 0.1) is 0 Å². The summed E-state index contributed by atoms with van der Waals surface area (Å²) in [4.78, 5) is 1.07. The summed E-state index contributed by atoms with van der Waals surface area (Å²) in [6.07, 6.45) is 0. The smallest absolute Gasteiger partial charge is 0.126 e. The predicted molar refractivity (Wildman–Crippen MR) is 80.2 cm³/mol. The zero-order chi connectivity index (χ0) is 13.8. The number of benzene rings is 2. The summed E-state index contributed by atoms with van der Waals surface area (Å²) >= 11 is 7.54. The van der Waals surface area contributed by atoms with Crippen molar-refractivity contribution in [1.82, 2.24) is 0 Å². The van der Waals surface area contributed by atoms with Crippen LogP contribution < -0.4 is 5.73 Å². The lowest BCUT2D eigenvalue weighted by Crippen LogP contribution is -2.13. The Morgan fingerprint density at radius 2 is 2.05 bits per heavy atom. The highest BCUT2D eigenvalue weighted by Gasteiger charge is 2.09. The van der Waals surface area contributed by atoms with Crippen LogP contribution in [-0.2, 0) is 0 Å². The molecular formula is C15H15ClFNS. The zero-order valence-electron chi connectivity index (χ0n) is 10.6. The Hall–Kier alpha value is -1.03. The Labute approximate surface area is 122 Å². The average Bonchev–Trinajstić information content (AvgIpc) is 2.39. The van der Waals surface area contributed by atoms with E-state index in [2.05, 4.69) is 0 Å². The van der Waals surface area contributed by atoms with Crippen LogP contribution in [0, 0.1) is 12.7 Å². The Kier molecular flexibility index (Phi) is 4.86. The molecule has 0 aliphatic carbocycles. The Morgan fingerprint density at radius 1 is 1.26 bits per heavy atom. The highest BCUT2D eigenvalue weighted by atomic mass is 35.5. The molecule has 2 N–H and O–H groups in total. The first-order chi connectivity index (χ1) is 9.06. The third-order valence-electron chi connectivity index (χ3n) is 2.85. The number of hydrogen-bond donors (Lipinski definition) is 1. The van der Waals surface area contributed by atoms with Crippen LogP contribution in [0.3, 0.4) is 0 Å². The topological polar surface area (TPSA) is 26.0 Å². The Balaban J connectivity index is 2.01. The zero-order valence-corrected chi connectivity index (χ0v) is 12.1. The van der Waals surface area contributed by atoms with Gasteiger partial charge in [0.1, 0.15) is 5.82 Å². The van der Waals surface area contributed by atoms with E-state index in [9.17, 15) is 4.39 Å². The van der Waals surface area contributed by atoms with Crippen LogP contribution >= 0.6 is 23.4 Å². The largest absolute Gasteiger partial charge is 0.323 e. The van der Waals surface area contributed by atoms with E-state index in [4.69, 9.17) is 17.3 Å². The molecule has 4 heteroatoms. The van der Waals surface area contributed by atoms with E-state index in [-0.39, 0.29) is 11.9 Å². The molecule has 0 fully saturated rings. The highest BCUT2D eigenvalue weighted by Crippen LogP contribution is 2.26. The molecule has 0 spiro atoms. The second-order valence-corrected chi connectivity index (χ2v) is 5.91. The summed E-state index contributed by atoms with van der Waals surface area (Å²) in [5.74, 6) is 0.476. The minimum absolute atomic E-state index is 0.195. The molecule has 0 aliphatic heterocycles. The molecule has 0 aliphatic rings. The van der Waals surface area contributed by atoms with Crippen molar-refractivity contribution in [3.8, 4) is 0 Å². The van der Waals surface area contributed by atoms with E-state index in [1.54, 1.807) is 24.8 Å². The van der Waals surface area contributed by atoms with Crippen LogP contribution in [0.5, 0.6) is 0 Å². The number of halogens is 2. The standard InChI is InChI=1S/C15H15ClFNS/c1-10-5-6-11(7-14(10)17)15(18)9-19-13-4-2-3-12(16)8-13/h2-8,15H,9,18H2,1H3. The van der Waals surface area contributed by atoms with Crippen molar-refractivity contribution in [3.05, 3.63) is 64.4 Å². The average molecular weight is 296 g/mol.